The fourth-order valence-electron chi connectivity index (χ4n) is 2.75. The van der Waals surface area contributed by atoms with Crippen LogP contribution in [0.3, 0.4) is 0 Å². The average Bonchev–Trinajstić information content (AvgIpc) is 2.61. The van der Waals surface area contributed by atoms with Crippen LogP contribution in [-0.2, 0) is 14.8 Å². The molecule has 0 saturated carbocycles. The van der Waals surface area contributed by atoms with Gasteiger partial charge >= 0.3 is 5.97 Å². The predicted molar refractivity (Wildman–Crippen MR) is 94.7 cm³/mol. The number of nitrogens with zero attached hydrogens (tertiary/aromatic N) is 2. The van der Waals surface area contributed by atoms with E-state index in [0.717, 1.165) is 6.26 Å². The molecule has 10 heteroatoms. The van der Waals surface area contributed by atoms with Gasteiger partial charge in [-0.1, -0.05) is 0 Å². The fraction of sp³-hybridized carbons (Fsp3) is 0.500. The van der Waals surface area contributed by atoms with Crippen molar-refractivity contribution in [3.63, 3.8) is 0 Å². The summed E-state index contributed by atoms with van der Waals surface area (Å²) in [5, 5.41) is 12.1. The Bertz CT molecular complexity index is 742. The summed E-state index contributed by atoms with van der Waals surface area (Å²) in [5.74, 6) is -0.824. The Morgan fingerprint density at radius 2 is 1.77 bits per heavy atom. The van der Waals surface area contributed by atoms with Gasteiger partial charge in [0.15, 0.2) is 0 Å². The minimum Gasteiger partial charge on any atom is -0.497 e. The van der Waals surface area contributed by atoms with Crippen LogP contribution in [-0.4, -0.2) is 86.7 Å². The third-order valence-corrected chi connectivity index (χ3v) is 5.58. The molecule has 1 aliphatic heterocycles. The van der Waals surface area contributed by atoms with Crippen molar-refractivity contribution in [3.05, 3.63) is 29.8 Å². The lowest BCUT2D eigenvalue weighted by Gasteiger charge is -2.36. The lowest BCUT2D eigenvalue weighted by atomic mass is 10.2. The van der Waals surface area contributed by atoms with E-state index < -0.39 is 22.0 Å². The topological polar surface area (TPSA) is 116 Å². The maximum Gasteiger partial charge on any atom is 0.322 e. The molecule has 1 aromatic rings. The van der Waals surface area contributed by atoms with Gasteiger partial charge in [-0.15, -0.1) is 0 Å². The van der Waals surface area contributed by atoms with Crippen molar-refractivity contribution in [2.24, 2.45) is 0 Å². The van der Waals surface area contributed by atoms with Crippen LogP contribution in [0.5, 0.6) is 5.75 Å². The highest BCUT2D eigenvalue weighted by atomic mass is 32.2. The van der Waals surface area contributed by atoms with Gasteiger partial charge < -0.3 is 15.2 Å². The molecule has 26 heavy (non-hydrogen) atoms. The lowest BCUT2D eigenvalue weighted by Crippen LogP contribution is -2.56. The molecule has 1 atom stereocenters. The smallest absolute Gasteiger partial charge is 0.322 e. The van der Waals surface area contributed by atoms with E-state index in [1.54, 1.807) is 29.2 Å². The third-order valence-electron chi connectivity index (χ3n) is 4.28. The Labute approximate surface area is 152 Å². The summed E-state index contributed by atoms with van der Waals surface area (Å²) in [6, 6.07) is 5.56. The van der Waals surface area contributed by atoms with Crippen LogP contribution in [0, 0.1) is 0 Å². The maximum absolute atomic E-state index is 12.2. The average molecular weight is 385 g/mol. The van der Waals surface area contributed by atoms with E-state index >= 15 is 0 Å². The van der Waals surface area contributed by atoms with Crippen molar-refractivity contribution >= 4 is 21.9 Å². The Morgan fingerprint density at radius 3 is 2.23 bits per heavy atom. The first-order valence-electron chi connectivity index (χ1n) is 8.06. The highest BCUT2D eigenvalue weighted by molar-refractivity contribution is 7.88. The molecule has 1 aromatic carbocycles. The van der Waals surface area contributed by atoms with Crippen LogP contribution in [0.25, 0.3) is 0 Å². The van der Waals surface area contributed by atoms with Crippen LogP contribution in [0.1, 0.15) is 10.4 Å². The van der Waals surface area contributed by atoms with Crippen LogP contribution in [0.15, 0.2) is 24.3 Å². The number of carbonyl (C=O) groups excluding carboxylic acids is 1. The summed E-state index contributed by atoms with van der Waals surface area (Å²) < 4.78 is 29.4. The van der Waals surface area contributed by atoms with Crippen LogP contribution >= 0.6 is 0 Å². The summed E-state index contributed by atoms with van der Waals surface area (Å²) in [5.41, 5.74) is 0.400. The number of nitrogens with one attached hydrogen (secondary N) is 1. The highest BCUT2D eigenvalue weighted by Gasteiger charge is 2.31. The first-order chi connectivity index (χ1) is 12.2. The predicted octanol–water partition coefficient (Wildman–Crippen LogP) is -0.545. The number of sulfonamides is 1. The monoisotopic (exact) mass is 385 g/mol. The van der Waals surface area contributed by atoms with Gasteiger partial charge in [-0.25, -0.2) is 8.42 Å². The number of carboxylic acid groups (broad SMARTS) is 1. The van der Waals surface area contributed by atoms with E-state index in [1.165, 1.54) is 11.4 Å². The summed E-state index contributed by atoms with van der Waals surface area (Å²) in [6.45, 7) is 0.980. The van der Waals surface area contributed by atoms with E-state index in [4.69, 9.17) is 4.74 Å². The Hall–Kier alpha value is -2.17. The van der Waals surface area contributed by atoms with Gasteiger partial charge in [0.25, 0.3) is 5.91 Å². The zero-order valence-electron chi connectivity index (χ0n) is 14.7. The largest absolute Gasteiger partial charge is 0.497 e. The highest BCUT2D eigenvalue weighted by Crippen LogP contribution is 2.12. The number of rotatable bonds is 7. The molecule has 2 rings (SSSR count). The van der Waals surface area contributed by atoms with Gasteiger partial charge in [0, 0.05) is 38.3 Å². The van der Waals surface area contributed by atoms with Crippen molar-refractivity contribution in [3.8, 4) is 5.75 Å². The number of aliphatic carboxylic acids is 1. The Balaban J connectivity index is 1.94. The molecule has 0 aliphatic carbocycles. The normalized spacial score (nSPS) is 17.5. The summed E-state index contributed by atoms with van der Waals surface area (Å²) in [7, 11) is -1.76. The molecule has 0 spiro atoms. The Kier molecular flexibility index (Phi) is 6.57. The van der Waals surface area contributed by atoms with Gasteiger partial charge in [0.2, 0.25) is 10.0 Å². The van der Waals surface area contributed by atoms with E-state index in [2.05, 4.69) is 5.32 Å². The van der Waals surface area contributed by atoms with Crippen molar-refractivity contribution < 1.29 is 27.9 Å². The molecule has 1 saturated heterocycles. The first kappa shape index (κ1) is 20.1. The molecular formula is C16H23N3O6S. The molecule has 1 amide bonds. The molecule has 144 valence electrons. The minimum absolute atomic E-state index is 0.0704. The van der Waals surface area contributed by atoms with Gasteiger partial charge in [0.05, 0.1) is 13.4 Å². The molecule has 9 nitrogen and oxygen atoms in total. The van der Waals surface area contributed by atoms with Crippen molar-refractivity contribution in [1.82, 2.24) is 14.5 Å². The summed E-state index contributed by atoms with van der Waals surface area (Å²) in [4.78, 5) is 25.4. The molecule has 1 heterocycles. The van der Waals surface area contributed by atoms with E-state index in [-0.39, 0.29) is 25.5 Å². The molecule has 2 N–H and O–H groups in total. The fourth-order valence-corrected chi connectivity index (χ4v) is 3.58. The molecular weight excluding hydrogens is 362 g/mol. The molecule has 0 aromatic heterocycles. The number of benzene rings is 1. The quantitative estimate of drug-likeness (QED) is 0.647. The number of amides is 1. The zero-order valence-corrected chi connectivity index (χ0v) is 15.5. The second kappa shape index (κ2) is 8.47. The molecule has 0 unspecified atom stereocenters. The Morgan fingerprint density at radius 1 is 1.19 bits per heavy atom. The molecule has 0 bridgehead atoms. The van der Waals surface area contributed by atoms with Gasteiger partial charge in [-0.05, 0) is 24.3 Å². The number of ether oxygens (including phenoxy) is 1. The number of carbonyl (C=O) groups is 2. The summed E-state index contributed by atoms with van der Waals surface area (Å²) in [6.07, 6.45) is 1.13. The molecule has 1 aliphatic rings. The van der Waals surface area contributed by atoms with Crippen molar-refractivity contribution in [2.75, 3.05) is 46.1 Å². The van der Waals surface area contributed by atoms with Gasteiger partial charge in [-0.2, -0.15) is 4.31 Å². The van der Waals surface area contributed by atoms with Crippen molar-refractivity contribution in [1.29, 1.82) is 0 Å². The SMILES string of the molecule is COc1ccc(C(=O)NC[C@@H](C(=O)O)N2CCN(S(C)(=O)=O)CC2)cc1. The standard InChI is InChI=1S/C16H23N3O6S/c1-25-13-5-3-12(4-6-13)15(20)17-11-14(16(21)22)18-7-9-19(10-8-18)26(2,23)24/h3-6,14H,7-11H2,1-2H3,(H,17,20)(H,21,22)/t14-/m0/s1. The van der Waals surface area contributed by atoms with Crippen LogP contribution in [0.4, 0.5) is 0 Å². The third kappa shape index (κ3) is 5.16. The van der Waals surface area contributed by atoms with E-state index in [1.807, 2.05) is 0 Å². The van der Waals surface area contributed by atoms with E-state index in [0.29, 0.717) is 24.4 Å². The second-order valence-corrected chi connectivity index (χ2v) is 7.97. The number of hydrogen-bond acceptors (Lipinski definition) is 6. The van der Waals surface area contributed by atoms with Gasteiger partial charge in [0.1, 0.15) is 11.8 Å². The zero-order chi connectivity index (χ0) is 19.3. The number of carboxylic acids is 1. The molecule has 1 fully saturated rings. The number of piperazine rings is 1. The first-order valence-corrected chi connectivity index (χ1v) is 9.91. The minimum atomic E-state index is -3.28. The lowest BCUT2D eigenvalue weighted by molar-refractivity contribution is -0.143. The number of methoxy groups -OCH3 is 1. The van der Waals surface area contributed by atoms with Crippen LogP contribution in [0.2, 0.25) is 0 Å². The van der Waals surface area contributed by atoms with Gasteiger partial charge in [-0.3, -0.25) is 14.5 Å². The second-order valence-electron chi connectivity index (χ2n) is 5.99. The molecule has 0 radical (unpaired) electrons. The van der Waals surface area contributed by atoms with Crippen LogP contribution < -0.4 is 10.1 Å². The van der Waals surface area contributed by atoms with Crippen molar-refractivity contribution in [2.45, 2.75) is 6.04 Å². The maximum atomic E-state index is 12.2. The van der Waals surface area contributed by atoms with E-state index in [9.17, 15) is 23.1 Å². The number of hydrogen-bond donors (Lipinski definition) is 2. The summed E-state index contributed by atoms with van der Waals surface area (Å²) >= 11 is 0.